The lowest BCUT2D eigenvalue weighted by Gasteiger charge is -2.39. The summed E-state index contributed by atoms with van der Waals surface area (Å²) in [4.78, 5) is 29.8. The summed E-state index contributed by atoms with van der Waals surface area (Å²) in [6.45, 7) is 0.720. The second-order valence-corrected chi connectivity index (χ2v) is 6.28. The van der Waals surface area contributed by atoms with Gasteiger partial charge in [0.15, 0.2) is 11.5 Å². The van der Waals surface area contributed by atoms with Crippen LogP contribution in [0.25, 0.3) is 0 Å². The normalized spacial score (nSPS) is 15.8. The summed E-state index contributed by atoms with van der Waals surface area (Å²) in [7, 11) is 1.50. The number of anilines is 1. The molecule has 8 heteroatoms. The molecule has 1 amide bonds. The number of nitrogens with two attached hydrogens (primary N) is 1. The van der Waals surface area contributed by atoms with E-state index in [-0.39, 0.29) is 12.8 Å². The number of rotatable bonds is 6. The van der Waals surface area contributed by atoms with Gasteiger partial charge in [-0.15, -0.1) is 0 Å². The van der Waals surface area contributed by atoms with Crippen molar-refractivity contribution >= 4 is 17.7 Å². The van der Waals surface area contributed by atoms with E-state index in [0.717, 1.165) is 0 Å². The number of methoxy groups -OCH3 is 1. The average molecular weight is 371 g/mol. The number of carbonyl (C=O) groups is 2. The van der Waals surface area contributed by atoms with Crippen molar-refractivity contribution in [1.29, 1.82) is 0 Å². The zero-order chi connectivity index (χ0) is 19.4. The Balaban J connectivity index is 1.82. The highest BCUT2D eigenvalue weighted by molar-refractivity contribution is 5.97. The van der Waals surface area contributed by atoms with E-state index in [4.69, 9.17) is 15.2 Å². The molecule has 3 rings (SSSR count). The highest BCUT2D eigenvalue weighted by Gasteiger charge is 2.45. The number of aromatic nitrogens is 1. The molecule has 1 aliphatic rings. The van der Waals surface area contributed by atoms with E-state index in [1.165, 1.54) is 7.11 Å². The van der Waals surface area contributed by atoms with E-state index in [2.05, 4.69) is 4.98 Å². The first-order valence-electron chi connectivity index (χ1n) is 8.52. The van der Waals surface area contributed by atoms with Crippen LogP contribution in [0.2, 0.25) is 0 Å². The van der Waals surface area contributed by atoms with E-state index >= 15 is 0 Å². The monoisotopic (exact) mass is 371 g/mol. The van der Waals surface area contributed by atoms with Crippen LogP contribution in [0, 0.1) is 0 Å². The minimum atomic E-state index is -1.38. The molecule has 1 saturated heterocycles. The van der Waals surface area contributed by atoms with E-state index in [1.54, 1.807) is 42.6 Å². The lowest BCUT2D eigenvalue weighted by atomic mass is 9.90. The Bertz CT molecular complexity index is 847. The lowest BCUT2D eigenvalue weighted by Crippen LogP contribution is -2.53. The van der Waals surface area contributed by atoms with Crippen molar-refractivity contribution in [3.63, 3.8) is 0 Å². The van der Waals surface area contributed by atoms with Crippen molar-refractivity contribution in [2.45, 2.75) is 18.4 Å². The van der Waals surface area contributed by atoms with Crippen LogP contribution >= 0.6 is 0 Å². The maximum absolute atomic E-state index is 12.0. The van der Waals surface area contributed by atoms with Crippen LogP contribution in [-0.2, 0) is 4.79 Å². The maximum Gasteiger partial charge on any atom is 0.348 e. The van der Waals surface area contributed by atoms with Gasteiger partial charge < -0.3 is 25.2 Å². The van der Waals surface area contributed by atoms with Crippen LogP contribution in [-0.4, -0.2) is 47.8 Å². The predicted octanol–water partition coefficient (Wildman–Crippen LogP) is 1.69. The number of carbonyl (C=O) groups excluding carboxylic acids is 1. The highest BCUT2D eigenvalue weighted by Crippen LogP contribution is 2.35. The molecular formula is C19H21N3O5. The SMILES string of the molecule is COc1ccccc1OC1(C(=O)O)CCN(c2ncccc2C(N)=O)CC1. The predicted molar refractivity (Wildman–Crippen MR) is 98.2 cm³/mol. The number of benzene rings is 1. The first-order valence-corrected chi connectivity index (χ1v) is 8.52. The molecule has 0 aliphatic carbocycles. The van der Waals surface area contributed by atoms with Crippen LogP contribution < -0.4 is 20.1 Å². The number of primary amides is 1. The molecule has 1 fully saturated rings. The summed E-state index contributed by atoms with van der Waals surface area (Å²) in [5.74, 6) is -0.295. The Morgan fingerprint density at radius 1 is 1.15 bits per heavy atom. The molecule has 2 heterocycles. The van der Waals surface area contributed by atoms with Gasteiger partial charge in [-0.05, 0) is 24.3 Å². The van der Waals surface area contributed by atoms with Crippen molar-refractivity contribution in [1.82, 2.24) is 4.98 Å². The third-order valence-corrected chi connectivity index (χ3v) is 4.69. The molecule has 0 radical (unpaired) electrons. The summed E-state index contributed by atoms with van der Waals surface area (Å²) < 4.78 is 11.2. The number of carboxylic acid groups (broad SMARTS) is 1. The molecule has 0 unspecified atom stereocenters. The summed E-state index contributed by atoms with van der Waals surface area (Å²) in [5.41, 5.74) is 4.35. The van der Waals surface area contributed by atoms with E-state index in [9.17, 15) is 14.7 Å². The molecule has 27 heavy (non-hydrogen) atoms. The lowest BCUT2D eigenvalue weighted by molar-refractivity contribution is -0.157. The van der Waals surface area contributed by atoms with Gasteiger partial charge in [0.25, 0.3) is 5.91 Å². The Labute approximate surface area is 156 Å². The van der Waals surface area contributed by atoms with Crippen molar-refractivity contribution in [2.24, 2.45) is 5.73 Å². The van der Waals surface area contributed by atoms with Crippen molar-refractivity contribution in [2.75, 3.05) is 25.1 Å². The zero-order valence-corrected chi connectivity index (χ0v) is 14.9. The van der Waals surface area contributed by atoms with Gasteiger partial charge in [-0.1, -0.05) is 12.1 Å². The van der Waals surface area contributed by atoms with Gasteiger partial charge in [0.05, 0.1) is 12.7 Å². The van der Waals surface area contributed by atoms with Crippen molar-refractivity contribution < 1.29 is 24.2 Å². The number of piperidine rings is 1. The molecule has 0 spiro atoms. The molecule has 1 aromatic heterocycles. The van der Waals surface area contributed by atoms with Crippen LogP contribution in [0.15, 0.2) is 42.6 Å². The molecule has 1 aliphatic heterocycles. The fourth-order valence-corrected chi connectivity index (χ4v) is 3.19. The third kappa shape index (κ3) is 3.64. The fraction of sp³-hybridized carbons (Fsp3) is 0.316. The topological polar surface area (TPSA) is 115 Å². The van der Waals surface area contributed by atoms with Gasteiger partial charge in [0.1, 0.15) is 5.82 Å². The Morgan fingerprint density at radius 2 is 1.81 bits per heavy atom. The molecule has 3 N–H and O–H groups in total. The first kappa shape index (κ1) is 18.5. The largest absolute Gasteiger partial charge is 0.493 e. The Kier molecular flexibility index (Phi) is 5.16. The van der Waals surface area contributed by atoms with Gasteiger partial charge in [0.2, 0.25) is 5.60 Å². The summed E-state index contributed by atoms with van der Waals surface area (Å²) in [5, 5.41) is 9.84. The van der Waals surface area contributed by atoms with Crippen LogP contribution in [0.3, 0.4) is 0 Å². The minimum Gasteiger partial charge on any atom is -0.493 e. The van der Waals surface area contributed by atoms with Crippen molar-refractivity contribution in [3.8, 4) is 11.5 Å². The third-order valence-electron chi connectivity index (χ3n) is 4.69. The van der Waals surface area contributed by atoms with Gasteiger partial charge in [0, 0.05) is 32.1 Å². The van der Waals surface area contributed by atoms with E-state index in [0.29, 0.717) is 36.0 Å². The summed E-state index contributed by atoms with van der Waals surface area (Å²) >= 11 is 0. The Hall–Kier alpha value is -3.29. The number of amides is 1. The van der Waals surface area contributed by atoms with Gasteiger partial charge in [-0.3, -0.25) is 4.79 Å². The smallest absolute Gasteiger partial charge is 0.348 e. The summed E-state index contributed by atoms with van der Waals surface area (Å²) in [6, 6.07) is 10.2. The Morgan fingerprint density at radius 3 is 2.41 bits per heavy atom. The molecular weight excluding hydrogens is 350 g/mol. The number of nitrogens with zero attached hydrogens (tertiary/aromatic N) is 2. The standard InChI is InChI=1S/C19H21N3O5/c1-26-14-6-2-3-7-15(14)27-19(18(24)25)8-11-22(12-9-19)17-13(16(20)23)5-4-10-21-17/h2-7,10H,8-9,11-12H2,1H3,(H2,20,23)(H,24,25). The second-order valence-electron chi connectivity index (χ2n) is 6.28. The molecule has 0 atom stereocenters. The fourth-order valence-electron chi connectivity index (χ4n) is 3.19. The number of carboxylic acids is 1. The van der Waals surface area contributed by atoms with Gasteiger partial charge in [-0.25, -0.2) is 9.78 Å². The number of hydrogen-bond acceptors (Lipinski definition) is 6. The van der Waals surface area contributed by atoms with Crippen LogP contribution in [0.4, 0.5) is 5.82 Å². The van der Waals surface area contributed by atoms with Crippen LogP contribution in [0.1, 0.15) is 23.2 Å². The van der Waals surface area contributed by atoms with Gasteiger partial charge in [-0.2, -0.15) is 0 Å². The molecule has 1 aromatic carbocycles. The molecule has 8 nitrogen and oxygen atoms in total. The number of para-hydroxylation sites is 2. The van der Waals surface area contributed by atoms with Crippen molar-refractivity contribution in [3.05, 3.63) is 48.2 Å². The van der Waals surface area contributed by atoms with E-state index in [1.807, 2.05) is 4.90 Å². The minimum absolute atomic E-state index is 0.217. The number of pyridine rings is 1. The molecule has 142 valence electrons. The first-order chi connectivity index (χ1) is 13.0. The average Bonchev–Trinajstić information content (AvgIpc) is 2.69. The maximum atomic E-state index is 12.0. The quantitative estimate of drug-likeness (QED) is 0.794. The highest BCUT2D eigenvalue weighted by atomic mass is 16.5. The second kappa shape index (κ2) is 7.53. The molecule has 2 aromatic rings. The number of hydrogen-bond donors (Lipinski definition) is 2. The zero-order valence-electron chi connectivity index (χ0n) is 14.9. The van der Waals surface area contributed by atoms with Gasteiger partial charge >= 0.3 is 5.97 Å². The molecule has 0 saturated carbocycles. The molecule has 0 bridgehead atoms. The van der Waals surface area contributed by atoms with E-state index < -0.39 is 17.5 Å². The van der Waals surface area contributed by atoms with Crippen LogP contribution in [0.5, 0.6) is 11.5 Å². The number of ether oxygens (including phenoxy) is 2. The number of aliphatic carboxylic acids is 1. The summed E-state index contributed by atoms with van der Waals surface area (Å²) in [6.07, 6.45) is 2.01.